The number of amides is 1. The van der Waals surface area contributed by atoms with Gasteiger partial charge in [0.2, 0.25) is 17.6 Å². The van der Waals surface area contributed by atoms with Crippen molar-refractivity contribution in [2.45, 2.75) is 59.4 Å². The molecule has 1 amide bonds. The minimum absolute atomic E-state index is 0.00268. The highest BCUT2D eigenvalue weighted by Gasteiger charge is 2.24. The maximum absolute atomic E-state index is 13.2. The number of carbonyl (C=O) groups is 1. The topological polar surface area (TPSA) is 149 Å². The van der Waals surface area contributed by atoms with Crippen LogP contribution in [-0.2, 0) is 17.8 Å². The summed E-state index contributed by atoms with van der Waals surface area (Å²) in [7, 11) is 0. The van der Waals surface area contributed by atoms with Crippen LogP contribution >= 0.6 is 0 Å². The summed E-state index contributed by atoms with van der Waals surface area (Å²) in [5.41, 5.74) is 5.67. The Bertz CT molecular complexity index is 1240. The molecule has 0 spiro atoms. The van der Waals surface area contributed by atoms with Crippen molar-refractivity contribution in [3.05, 3.63) is 51.0 Å². The van der Waals surface area contributed by atoms with E-state index in [1.807, 2.05) is 45.0 Å². The summed E-state index contributed by atoms with van der Waals surface area (Å²) in [6, 6.07) is 7.31. The van der Waals surface area contributed by atoms with Gasteiger partial charge in [-0.05, 0) is 44.0 Å². The Balaban J connectivity index is 1.78. The number of anilines is 2. The van der Waals surface area contributed by atoms with Crippen LogP contribution in [0.4, 0.5) is 11.5 Å². The van der Waals surface area contributed by atoms with Gasteiger partial charge in [0.1, 0.15) is 11.6 Å². The number of rotatable bonds is 12. The number of H-pyrrole nitrogens is 1. The number of ether oxygens (including phenoxy) is 1. The smallest absolute Gasteiger partial charge is 0.330 e. The van der Waals surface area contributed by atoms with E-state index < -0.39 is 11.2 Å². The number of nitrogens with zero attached hydrogens (tertiary/aromatic N) is 4. The second-order valence-electron chi connectivity index (χ2n) is 8.01. The summed E-state index contributed by atoms with van der Waals surface area (Å²) in [4.78, 5) is 46.0. The fourth-order valence-corrected chi connectivity index (χ4v) is 3.65. The Hall–Kier alpha value is -3.89. The van der Waals surface area contributed by atoms with Crippen LogP contribution in [0, 0.1) is 0 Å². The van der Waals surface area contributed by atoms with Gasteiger partial charge in [0.15, 0.2) is 5.69 Å². The van der Waals surface area contributed by atoms with Crippen LogP contribution < -0.4 is 26.6 Å². The summed E-state index contributed by atoms with van der Waals surface area (Å²) in [6.07, 6.45) is 2.34. The highest BCUT2D eigenvalue weighted by molar-refractivity contribution is 5.95. The van der Waals surface area contributed by atoms with Gasteiger partial charge < -0.3 is 19.9 Å². The maximum atomic E-state index is 13.2. The van der Waals surface area contributed by atoms with Crippen molar-refractivity contribution in [3.8, 4) is 17.1 Å². The molecule has 0 radical (unpaired) electrons. The van der Waals surface area contributed by atoms with Crippen molar-refractivity contribution >= 4 is 17.4 Å². The van der Waals surface area contributed by atoms with E-state index in [1.54, 1.807) is 0 Å². The Kier molecular flexibility index (Phi) is 8.82. The maximum Gasteiger partial charge on any atom is 0.330 e. The lowest BCUT2D eigenvalue weighted by Crippen LogP contribution is -2.41. The normalized spacial score (nSPS) is 10.9. The standard InChI is InChI=1S/C24H32N6O5/c1-4-7-15-29(20-21(25)30(14-5-2)24(33)27-23(20)32)19(31)13-12-18-26-22(28-35-18)16-8-10-17(11-9-16)34-6-3/h8-11H,4-7,12-15,25H2,1-3H3,(H,27,32,33). The van der Waals surface area contributed by atoms with Crippen LogP contribution in [-0.4, -0.2) is 38.8 Å². The van der Waals surface area contributed by atoms with E-state index in [-0.39, 0.29) is 30.3 Å². The molecule has 1 aromatic carbocycles. The number of carbonyl (C=O) groups excluding carboxylic acids is 1. The first-order valence-corrected chi connectivity index (χ1v) is 11.9. The fraction of sp³-hybridized carbons (Fsp3) is 0.458. The molecule has 2 aromatic heterocycles. The number of unbranched alkanes of at least 4 members (excludes halogenated alkanes) is 1. The number of aromatic amines is 1. The first-order valence-electron chi connectivity index (χ1n) is 11.9. The van der Waals surface area contributed by atoms with Crippen molar-refractivity contribution in [3.63, 3.8) is 0 Å². The molecule has 11 nitrogen and oxygen atoms in total. The number of hydrogen-bond donors (Lipinski definition) is 2. The average molecular weight is 485 g/mol. The Morgan fingerprint density at radius 2 is 1.91 bits per heavy atom. The van der Waals surface area contributed by atoms with Crippen LogP contribution in [0.3, 0.4) is 0 Å². The first-order chi connectivity index (χ1) is 16.9. The number of aryl methyl sites for hydroxylation is 1. The van der Waals surface area contributed by atoms with Crippen molar-refractivity contribution in [2.75, 3.05) is 23.8 Å². The summed E-state index contributed by atoms with van der Waals surface area (Å²) in [5, 5.41) is 4.00. The van der Waals surface area contributed by atoms with E-state index in [9.17, 15) is 14.4 Å². The third kappa shape index (κ3) is 6.17. The molecular weight excluding hydrogens is 452 g/mol. The van der Waals surface area contributed by atoms with Gasteiger partial charge in [-0.2, -0.15) is 4.98 Å². The molecule has 0 saturated carbocycles. The van der Waals surface area contributed by atoms with Crippen LogP contribution in [0.1, 0.15) is 52.3 Å². The molecule has 0 unspecified atom stereocenters. The second-order valence-corrected chi connectivity index (χ2v) is 8.01. The second kappa shape index (κ2) is 12.0. The van der Waals surface area contributed by atoms with Crippen molar-refractivity contribution in [2.24, 2.45) is 0 Å². The fourth-order valence-electron chi connectivity index (χ4n) is 3.65. The molecule has 0 atom stereocenters. The van der Waals surface area contributed by atoms with Gasteiger partial charge in [0.05, 0.1) is 6.61 Å². The molecule has 3 rings (SSSR count). The third-order valence-corrected chi connectivity index (χ3v) is 5.41. The van der Waals surface area contributed by atoms with Crippen LogP contribution in [0.5, 0.6) is 5.75 Å². The molecule has 35 heavy (non-hydrogen) atoms. The SMILES string of the molecule is CCCCN(C(=O)CCc1nc(-c2ccc(OCC)cc2)no1)c1c(N)n(CCC)c(=O)[nH]c1=O. The van der Waals surface area contributed by atoms with E-state index in [0.29, 0.717) is 44.3 Å². The minimum atomic E-state index is -0.681. The van der Waals surface area contributed by atoms with E-state index in [4.69, 9.17) is 15.0 Å². The van der Waals surface area contributed by atoms with Crippen LogP contribution in [0.15, 0.2) is 38.4 Å². The molecule has 11 heteroatoms. The number of aromatic nitrogens is 4. The van der Waals surface area contributed by atoms with Gasteiger partial charge in [-0.3, -0.25) is 19.1 Å². The highest BCUT2D eigenvalue weighted by Crippen LogP contribution is 2.22. The molecule has 0 fully saturated rings. The van der Waals surface area contributed by atoms with Gasteiger partial charge in [0.25, 0.3) is 5.56 Å². The largest absolute Gasteiger partial charge is 0.494 e. The number of nitrogen functional groups attached to an aromatic ring is 1. The van der Waals surface area contributed by atoms with Gasteiger partial charge in [-0.15, -0.1) is 0 Å². The van der Waals surface area contributed by atoms with Gasteiger partial charge in [-0.1, -0.05) is 25.4 Å². The minimum Gasteiger partial charge on any atom is -0.494 e. The Morgan fingerprint density at radius 1 is 1.17 bits per heavy atom. The van der Waals surface area contributed by atoms with Crippen molar-refractivity contribution in [1.29, 1.82) is 0 Å². The highest BCUT2D eigenvalue weighted by atomic mass is 16.5. The summed E-state index contributed by atoms with van der Waals surface area (Å²) in [5.74, 6) is 1.12. The van der Waals surface area contributed by atoms with Gasteiger partial charge >= 0.3 is 5.69 Å². The van der Waals surface area contributed by atoms with Crippen LogP contribution in [0.2, 0.25) is 0 Å². The molecule has 0 bridgehead atoms. The number of hydrogen-bond acceptors (Lipinski definition) is 8. The number of nitrogens with one attached hydrogen (secondary N) is 1. The predicted octanol–water partition coefficient (Wildman–Crippen LogP) is 2.74. The predicted molar refractivity (Wildman–Crippen MR) is 133 cm³/mol. The zero-order valence-corrected chi connectivity index (χ0v) is 20.4. The molecule has 0 aliphatic carbocycles. The Morgan fingerprint density at radius 3 is 2.57 bits per heavy atom. The lowest BCUT2D eigenvalue weighted by atomic mass is 10.2. The average Bonchev–Trinajstić information content (AvgIpc) is 3.32. The van der Waals surface area contributed by atoms with Crippen LogP contribution in [0.25, 0.3) is 11.4 Å². The summed E-state index contributed by atoms with van der Waals surface area (Å²) in [6.45, 7) is 7.00. The number of nitrogens with two attached hydrogens (primary N) is 1. The first kappa shape index (κ1) is 25.7. The monoisotopic (exact) mass is 484 g/mol. The van der Waals surface area contributed by atoms with E-state index >= 15 is 0 Å². The third-order valence-electron chi connectivity index (χ3n) is 5.41. The lowest BCUT2D eigenvalue weighted by Gasteiger charge is -2.24. The van der Waals surface area contributed by atoms with E-state index in [2.05, 4.69) is 15.1 Å². The summed E-state index contributed by atoms with van der Waals surface area (Å²) >= 11 is 0. The van der Waals surface area contributed by atoms with E-state index in [1.165, 1.54) is 9.47 Å². The molecule has 188 valence electrons. The molecule has 3 N–H and O–H groups in total. The molecule has 3 aromatic rings. The van der Waals surface area contributed by atoms with Gasteiger partial charge in [0, 0.05) is 31.5 Å². The van der Waals surface area contributed by atoms with Crippen molar-refractivity contribution < 1.29 is 14.1 Å². The van der Waals surface area contributed by atoms with Gasteiger partial charge in [-0.25, -0.2) is 4.79 Å². The quantitative estimate of drug-likeness (QED) is 0.398. The molecule has 0 aliphatic heterocycles. The zero-order chi connectivity index (χ0) is 25.4. The number of benzene rings is 1. The van der Waals surface area contributed by atoms with E-state index in [0.717, 1.165) is 17.7 Å². The molecule has 2 heterocycles. The summed E-state index contributed by atoms with van der Waals surface area (Å²) < 4.78 is 12.0. The van der Waals surface area contributed by atoms with Crippen molar-refractivity contribution in [1.82, 2.24) is 19.7 Å². The molecule has 0 saturated heterocycles. The molecule has 0 aliphatic rings. The molecular formula is C24H32N6O5. The Labute approximate surface area is 202 Å². The zero-order valence-electron chi connectivity index (χ0n) is 20.4. The lowest BCUT2D eigenvalue weighted by molar-refractivity contribution is -0.118.